The van der Waals surface area contributed by atoms with Crippen LogP contribution in [0.25, 0.3) is 0 Å². The molecule has 0 amide bonds. The predicted molar refractivity (Wildman–Crippen MR) is 106 cm³/mol. The molecule has 0 aliphatic carbocycles. The van der Waals surface area contributed by atoms with E-state index in [1.807, 2.05) is 24.3 Å². The van der Waals surface area contributed by atoms with Gasteiger partial charge in [0.05, 0.1) is 13.2 Å². The third kappa shape index (κ3) is 5.26. The Bertz CT molecular complexity index is 686. The minimum atomic E-state index is 0.179. The average Bonchev–Trinajstić information content (AvgIpc) is 2.65. The summed E-state index contributed by atoms with van der Waals surface area (Å²) in [5.41, 5.74) is 3.49. The number of morpholine rings is 1. The summed E-state index contributed by atoms with van der Waals surface area (Å²) in [7, 11) is 0. The molecule has 3 rings (SSSR count). The number of hydrogen-bond acceptors (Lipinski definition) is 2. The van der Waals surface area contributed by atoms with Gasteiger partial charge in [0.2, 0.25) is 0 Å². The van der Waals surface area contributed by atoms with Crippen LogP contribution in [0.15, 0.2) is 54.6 Å². The molecule has 0 saturated carbocycles. The maximum absolute atomic E-state index is 5.58. The van der Waals surface area contributed by atoms with E-state index in [2.05, 4.69) is 47.9 Å². The number of quaternary nitrogens is 1. The van der Waals surface area contributed by atoms with Crippen molar-refractivity contribution in [3.63, 3.8) is 0 Å². The summed E-state index contributed by atoms with van der Waals surface area (Å²) in [5.74, 6) is 0. The number of nitrogens with one attached hydrogen (secondary N) is 3. The van der Waals surface area contributed by atoms with Crippen molar-refractivity contribution in [2.75, 3.05) is 38.2 Å². The fraction of sp³-hybridized carbons (Fsp3) is 0.350. The smallest absolute Gasteiger partial charge is 0.171 e. The van der Waals surface area contributed by atoms with Gasteiger partial charge in [-0.15, -0.1) is 0 Å². The second kappa shape index (κ2) is 8.94. The lowest BCUT2D eigenvalue weighted by atomic mass is 10.1. The Balaban J connectivity index is 1.68. The third-order valence-corrected chi connectivity index (χ3v) is 4.81. The van der Waals surface area contributed by atoms with Crippen molar-refractivity contribution in [1.29, 1.82) is 0 Å². The van der Waals surface area contributed by atoms with Crippen molar-refractivity contribution in [3.05, 3.63) is 65.7 Å². The van der Waals surface area contributed by atoms with E-state index >= 15 is 0 Å². The summed E-state index contributed by atoms with van der Waals surface area (Å²) in [6, 6.07) is 18.9. The van der Waals surface area contributed by atoms with Crippen molar-refractivity contribution >= 4 is 23.0 Å². The maximum Gasteiger partial charge on any atom is 0.171 e. The molecule has 1 aliphatic heterocycles. The van der Waals surface area contributed by atoms with Gasteiger partial charge in [0, 0.05) is 5.69 Å². The normalized spacial score (nSPS) is 16.2. The Labute approximate surface area is 155 Å². The van der Waals surface area contributed by atoms with Crippen LogP contribution in [0.1, 0.15) is 17.2 Å². The number of benzene rings is 2. The molecule has 1 atom stereocenters. The van der Waals surface area contributed by atoms with Gasteiger partial charge in [-0.25, -0.2) is 0 Å². The lowest BCUT2D eigenvalue weighted by Gasteiger charge is -2.29. The molecule has 2 aromatic rings. The molecule has 2 aromatic carbocycles. The highest BCUT2D eigenvalue weighted by Crippen LogP contribution is 2.15. The van der Waals surface area contributed by atoms with Crippen LogP contribution in [0, 0.1) is 6.92 Å². The summed E-state index contributed by atoms with van der Waals surface area (Å²) in [5, 5.41) is 7.51. The van der Waals surface area contributed by atoms with Crippen molar-refractivity contribution in [3.8, 4) is 0 Å². The number of para-hydroxylation sites is 1. The molecular weight excluding hydrogens is 330 g/mol. The predicted octanol–water partition coefficient (Wildman–Crippen LogP) is 1.94. The fourth-order valence-electron chi connectivity index (χ4n) is 3.12. The molecule has 1 aliphatic rings. The standard InChI is InChI=1S/C20H25N3OS/c1-16-7-5-6-10-18(16)21-20(25)22-19(17-8-3-2-4-9-17)15-23-11-13-24-14-12-23/h2-10,19H,11-15H2,1H3,(H2,21,22,25)/p+1/t19-/m0/s1. The number of anilines is 1. The minimum absolute atomic E-state index is 0.179. The van der Waals surface area contributed by atoms with E-state index in [-0.39, 0.29) is 6.04 Å². The van der Waals surface area contributed by atoms with E-state index in [9.17, 15) is 0 Å². The summed E-state index contributed by atoms with van der Waals surface area (Å²) in [6.45, 7) is 6.83. The molecule has 0 spiro atoms. The second-order valence-corrected chi connectivity index (χ2v) is 6.85. The van der Waals surface area contributed by atoms with Gasteiger partial charge in [0.15, 0.2) is 5.11 Å². The Kier molecular flexibility index (Phi) is 6.39. The highest BCUT2D eigenvalue weighted by atomic mass is 32.1. The molecule has 25 heavy (non-hydrogen) atoms. The van der Waals surface area contributed by atoms with Crippen LogP contribution < -0.4 is 15.5 Å². The van der Waals surface area contributed by atoms with Crippen LogP contribution in [0.4, 0.5) is 5.69 Å². The first-order valence-electron chi connectivity index (χ1n) is 8.82. The van der Waals surface area contributed by atoms with E-state index in [1.54, 1.807) is 4.90 Å². The highest BCUT2D eigenvalue weighted by Gasteiger charge is 2.22. The zero-order valence-corrected chi connectivity index (χ0v) is 15.4. The van der Waals surface area contributed by atoms with Crippen LogP contribution in [0.2, 0.25) is 0 Å². The first kappa shape index (κ1) is 17.9. The van der Waals surface area contributed by atoms with Gasteiger partial charge in [-0.2, -0.15) is 0 Å². The van der Waals surface area contributed by atoms with E-state index < -0.39 is 0 Å². The molecule has 3 N–H and O–H groups in total. The summed E-state index contributed by atoms with van der Waals surface area (Å²) >= 11 is 5.58. The van der Waals surface area contributed by atoms with Gasteiger partial charge in [-0.1, -0.05) is 48.5 Å². The van der Waals surface area contributed by atoms with Gasteiger partial charge < -0.3 is 20.3 Å². The number of aryl methyl sites for hydroxylation is 1. The maximum atomic E-state index is 5.58. The Morgan fingerprint density at radius 2 is 1.76 bits per heavy atom. The molecular formula is C20H26N3OS+. The van der Waals surface area contributed by atoms with E-state index in [4.69, 9.17) is 17.0 Å². The minimum Gasteiger partial charge on any atom is -0.370 e. The highest BCUT2D eigenvalue weighted by molar-refractivity contribution is 7.80. The van der Waals surface area contributed by atoms with E-state index in [0.29, 0.717) is 5.11 Å². The lowest BCUT2D eigenvalue weighted by molar-refractivity contribution is -0.909. The van der Waals surface area contributed by atoms with Gasteiger partial charge in [0.25, 0.3) is 0 Å². The first-order valence-corrected chi connectivity index (χ1v) is 9.22. The van der Waals surface area contributed by atoms with E-state index in [1.165, 1.54) is 11.1 Å². The largest absolute Gasteiger partial charge is 0.370 e. The van der Waals surface area contributed by atoms with Crippen LogP contribution in [-0.2, 0) is 4.74 Å². The number of thiocarbonyl (C=S) groups is 1. The molecule has 0 aromatic heterocycles. The van der Waals surface area contributed by atoms with Crippen molar-refractivity contribution in [1.82, 2.24) is 5.32 Å². The van der Waals surface area contributed by atoms with Crippen molar-refractivity contribution in [2.24, 2.45) is 0 Å². The van der Waals surface area contributed by atoms with Crippen LogP contribution in [0.3, 0.4) is 0 Å². The average molecular weight is 357 g/mol. The molecule has 5 heteroatoms. The third-order valence-electron chi connectivity index (χ3n) is 4.59. The monoisotopic (exact) mass is 356 g/mol. The summed E-state index contributed by atoms with van der Waals surface area (Å²) in [4.78, 5) is 1.55. The molecule has 0 unspecified atom stereocenters. The van der Waals surface area contributed by atoms with Gasteiger partial charge in [0.1, 0.15) is 25.7 Å². The zero-order chi connectivity index (χ0) is 17.5. The molecule has 0 radical (unpaired) electrons. The van der Waals surface area contributed by atoms with Crippen LogP contribution in [0.5, 0.6) is 0 Å². The Morgan fingerprint density at radius 1 is 1.08 bits per heavy atom. The molecule has 1 fully saturated rings. The van der Waals surface area contributed by atoms with Crippen molar-refractivity contribution < 1.29 is 9.64 Å². The second-order valence-electron chi connectivity index (χ2n) is 6.44. The Morgan fingerprint density at radius 3 is 2.48 bits per heavy atom. The van der Waals surface area contributed by atoms with Crippen molar-refractivity contribution in [2.45, 2.75) is 13.0 Å². The lowest BCUT2D eigenvalue weighted by Crippen LogP contribution is -3.14. The fourth-order valence-corrected chi connectivity index (χ4v) is 3.37. The van der Waals surface area contributed by atoms with Crippen LogP contribution >= 0.6 is 12.2 Å². The summed E-state index contributed by atoms with van der Waals surface area (Å²) < 4.78 is 5.48. The number of rotatable bonds is 5. The Hall–Kier alpha value is -1.95. The zero-order valence-electron chi connectivity index (χ0n) is 14.6. The van der Waals surface area contributed by atoms with Gasteiger partial charge >= 0.3 is 0 Å². The molecule has 0 bridgehead atoms. The van der Waals surface area contributed by atoms with Crippen LogP contribution in [-0.4, -0.2) is 38.0 Å². The quantitative estimate of drug-likeness (QED) is 0.716. The first-order chi connectivity index (χ1) is 12.2. The molecule has 132 valence electrons. The van der Waals surface area contributed by atoms with E-state index in [0.717, 1.165) is 38.5 Å². The SMILES string of the molecule is Cc1ccccc1NC(=S)N[C@@H](C[NH+]1CCOCC1)c1ccccc1. The topological polar surface area (TPSA) is 37.7 Å². The molecule has 4 nitrogen and oxygen atoms in total. The van der Waals surface area contributed by atoms with Gasteiger partial charge in [-0.05, 0) is 36.3 Å². The number of hydrogen-bond donors (Lipinski definition) is 3. The number of ether oxygens (including phenoxy) is 1. The molecule has 1 heterocycles. The van der Waals surface area contributed by atoms with Gasteiger partial charge in [-0.3, -0.25) is 0 Å². The molecule has 1 saturated heterocycles. The summed E-state index contributed by atoms with van der Waals surface area (Å²) in [6.07, 6.45) is 0.